The average Bonchev–Trinajstić information content (AvgIpc) is 3.42. The highest BCUT2D eigenvalue weighted by Gasteiger charge is 2.18. The molecule has 0 aliphatic carbocycles. The number of nitrogens with one attached hydrogen (secondary N) is 2. The third kappa shape index (κ3) is 6.85. The Kier molecular flexibility index (Phi) is 9.04. The number of amides is 1. The van der Waals surface area contributed by atoms with Gasteiger partial charge in [-0.25, -0.2) is 9.97 Å². The topological polar surface area (TPSA) is 117 Å². The lowest BCUT2D eigenvalue weighted by Gasteiger charge is -2.32. The molecule has 11 heteroatoms. The molecule has 0 saturated carbocycles. The molecule has 4 aromatic rings. The van der Waals surface area contributed by atoms with E-state index in [2.05, 4.69) is 64.1 Å². The fourth-order valence-electron chi connectivity index (χ4n) is 4.80. The van der Waals surface area contributed by atoms with Crippen molar-refractivity contribution >= 4 is 11.6 Å². The van der Waals surface area contributed by atoms with Gasteiger partial charge in [0.15, 0.2) is 11.6 Å². The predicted molar refractivity (Wildman–Crippen MR) is 154 cm³/mol. The van der Waals surface area contributed by atoms with E-state index in [1.165, 1.54) is 6.33 Å². The summed E-state index contributed by atoms with van der Waals surface area (Å²) in [6.07, 6.45) is 7.73. The van der Waals surface area contributed by atoms with Gasteiger partial charge in [-0.3, -0.25) is 14.7 Å². The molecule has 1 fully saturated rings. The average molecular weight is 541 g/mol. The fraction of sp³-hybridized carbons (Fsp3) is 0.379. The van der Waals surface area contributed by atoms with E-state index < -0.39 is 0 Å². The van der Waals surface area contributed by atoms with Crippen LogP contribution in [0.1, 0.15) is 34.2 Å². The maximum Gasteiger partial charge on any atom is 0.251 e. The van der Waals surface area contributed by atoms with Crippen molar-refractivity contribution in [3.63, 3.8) is 0 Å². The highest BCUT2D eigenvalue weighted by atomic mass is 16.1. The van der Waals surface area contributed by atoms with E-state index in [4.69, 9.17) is 0 Å². The molecule has 1 saturated heterocycles. The molecule has 1 amide bonds. The molecule has 40 heavy (non-hydrogen) atoms. The zero-order chi connectivity index (χ0) is 27.7. The molecule has 0 unspecified atom stereocenters. The van der Waals surface area contributed by atoms with Gasteiger partial charge in [0.2, 0.25) is 0 Å². The monoisotopic (exact) mass is 540 g/mol. The van der Waals surface area contributed by atoms with Crippen LogP contribution in [0.3, 0.4) is 0 Å². The summed E-state index contributed by atoms with van der Waals surface area (Å²) in [4.78, 5) is 30.4. The Balaban J connectivity index is 1.26. The molecule has 1 aliphatic heterocycles. The first-order valence-corrected chi connectivity index (χ1v) is 13.7. The largest absolute Gasteiger partial charge is 0.378 e. The number of aryl methyl sites for hydroxylation is 1. The minimum atomic E-state index is -0.121. The van der Waals surface area contributed by atoms with Crippen LogP contribution in [0.4, 0.5) is 5.69 Å². The van der Waals surface area contributed by atoms with Gasteiger partial charge < -0.3 is 20.1 Å². The van der Waals surface area contributed by atoms with Crippen molar-refractivity contribution in [2.45, 2.75) is 33.0 Å². The molecule has 5 rings (SSSR count). The highest BCUT2D eigenvalue weighted by Crippen LogP contribution is 2.18. The molecular weight excluding hydrogens is 504 g/mol. The van der Waals surface area contributed by atoms with Gasteiger partial charge in [-0.15, -0.1) is 10.2 Å². The Morgan fingerprint density at radius 1 is 0.950 bits per heavy atom. The number of hydrogen-bond donors (Lipinski definition) is 2. The molecule has 1 aliphatic rings. The summed E-state index contributed by atoms with van der Waals surface area (Å²) < 4.78 is 2.13. The van der Waals surface area contributed by atoms with Crippen LogP contribution in [0.15, 0.2) is 61.3 Å². The molecule has 1 aromatic carbocycles. The van der Waals surface area contributed by atoms with Gasteiger partial charge in [0, 0.05) is 75.7 Å². The number of likely N-dealkylation sites (N-methyl/N-ethyl adjacent to an activating group) is 1. The maximum atomic E-state index is 12.9. The van der Waals surface area contributed by atoms with Crippen LogP contribution in [-0.4, -0.2) is 85.2 Å². The number of nitrogens with zero attached hydrogens (tertiary/aromatic N) is 8. The number of piperazine rings is 1. The van der Waals surface area contributed by atoms with Gasteiger partial charge in [0.1, 0.15) is 12.0 Å². The van der Waals surface area contributed by atoms with Gasteiger partial charge >= 0.3 is 0 Å². The van der Waals surface area contributed by atoms with Crippen molar-refractivity contribution in [3.05, 3.63) is 83.8 Å². The number of aromatic nitrogens is 6. The minimum Gasteiger partial charge on any atom is -0.378 e. The number of benzene rings is 1. The van der Waals surface area contributed by atoms with E-state index >= 15 is 0 Å². The van der Waals surface area contributed by atoms with Gasteiger partial charge in [0.05, 0.1) is 6.54 Å². The van der Waals surface area contributed by atoms with Crippen LogP contribution in [-0.2, 0) is 26.1 Å². The summed E-state index contributed by atoms with van der Waals surface area (Å²) in [6, 6.07) is 11.3. The van der Waals surface area contributed by atoms with Crippen molar-refractivity contribution < 1.29 is 4.79 Å². The Labute approximate surface area is 234 Å². The second-order valence-electron chi connectivity index (χ2n) is 9.95. The number of carbonyl (C=O) groups is 1. The number of hydrogen-bond acceptors (Lipinski definition) is 9. The van der Waals surface area contributed by atoms with Crippen molar-refractivity contribution in [3.8, 4) is 11.5 Å². The molecule has 208 valence electrons. The molecule has 0 bridgehead atoms. The Bertz CT molecular complexity index is 1400. The van der Waals surface area contributed by atoms with Crippen LogP contribution < -0.4 is 10.6 Å². The van der Waals surface area contributed by atoms with Crippen LogP contribution in [0.2, 0.25) is 0 Å². The third-order valence-electron chi connectivity index (χ3n) is 7.27. The first-order valence-electron chi connectivity index (χ1n) is 13.7. The van der Waals surface area contributed by atoms with E-state index in [9.17, 15) is 4.79 Å². The summed E-state index contributed by atoms with van der Waals surface area (Å²) in [7, 11) is 2.16. The molecule has 4 heterocycles. The smallest absolute Gasteiger partial charge is 0.251 e. The second kappa shape index (κ2) is 13.2. The minimum absolute atomic E-state index is 0.121. The summed E-state index contributed by atoms with van der Waals surface area (Å²) >= 11 is 0. The van der Waals surface area contributed by atoms with E-state index in [0.29, 0.717) is 18.7 Å². The number of anilines is 1. The van der Waals surface area contributed by atoms with Gasteiger partial charge in [0.25, 0.3) is 5.91 Å². The fourth-order valence-corrected chi connectivity index (χ4v) is 4.80. The van der Waals surface area contributed by atoms with Crippen LogP contribution >= 0.6 is 0 Å². The van der Waals surface area contributed by atoms with E-state index in [-0.39, 0.29) is 5.91 Å². The lowest BCUT2D eigenvalue weighted by Crippen LogP contribution is -2.45. The van der Waals surface area contributed by atoms with Crippen molar-refractivity contribution in [2.75, 3.05) is 45.1 Å². The number of pyridine rings is 1. The lowest BCUT2D eigenvalue weighted by atomic mass is 10.1. The van der Waals surface area contributed by atoms with Crippen LogP contribution in [0.25, 0.3) is 11.5 Å². The van der Waals surface area contributed by atoms with Crippen LogP contribution in [0.5, 0.6) is 0 Å². The third-order valence-corrected chi connectivity index (χ3v) is 7.27. The highest BCUT2D eigenvalue weighted by molar-refractivity contribution is 5.95. The number of rotatable bonds is 11. The van der Waals surface area contributed by atoms with Gasteiger partial charge in [-0.2, -0.15) is 0 Å². The van der Waals surface area contributed by atoms with Crippen LogP contribution in [0, 0.1) is 0 Å². The zero-order valence-electron chi connectivity index (χ0n) is 23.1. The lowest BCUT2D eigenvalue weighted by molar-refractivity contribution is 0.0951. The normalized spacial score (nSPS) is 14.2. The summed E-state index contributed by atoms with van der Waals surface area (Å²) in [5, 5.41) is 15.4. The first kappa shape index (κ1) is 27.4. The van der Waals surface area contributed by atoms with Crippen molar-refractivity contribution in [1.82, 2.24) is 44.8 Å². The number of carbonyl (C=O) groups excluding carboxylic acids is 1. The Hall–Kier alpha value is -4.22. The van der Waals surface area contributed by atoms with E-state index in [0.717, 1.165) is 79.8 Å². The summed E-state index contributed by atoms with van der Waals surface area (Å²) in [5.41, 5.74) is 4.39. The molecule has 0 atom stereocenters. The van der Waals surface area contributed by atoms with Gasteiger partial charge in [-0.05, 0) is 54.9 Å². The standard InChI is InChI=1S/C29H36N10O/c1-3-22-18-30-9-7-24(22)19-33-29(40)23-5-4-6-25(17-23)32-20-27-35-36-28(26-8-10-31-21-34-26)39(27)16-15-38-13-11-37(2)12-14-38/h4-10,17-18,21,32H,3,11-16,19-20H2,1-2H3,(H,33,40). The zero-order valence-corrected chi connectivity index (χ0v) is 23.1. The molecule has 11 nitrogen and oxygen atoms in total. The quantitative estimate of drug-likeness (QED) is 0.296. The SMILES string of the molecule is CCc1cnccc1CNC(=O)c1cccc(NCc2nnc(-c3ccncn3)n2CCN2CCN(C)CC2)c1. The van der Waals surface area contributed by atoms with E-state index in [1.54, 1.807) is 12.4 Å². The summed E-state index contributed by atoms with van der Waals surface area (Å²) in [5.74, 6) is 1.41. The molecule has 3 aromatic heterocycles. The second-order valence-corrected chi connectivity index (χ2v) is 9.95. The van der Waals surface area contributed by atoms with Gasteiger partial charge in [-0.1, -0.05) is 13.0 Å². The first-order chi connectivity index (χ1) is 19.6. The molecule has 0 spiro atoms. The van der Waals surface area contributed by atoms with E-state index in [1.807, 2.05) is 42.6 Å². The summed E-state index contributed by atoms with van der Waals surface area (Å²) in [6.45, 7) is 8.90. The van der Waals surface area contributed by atoms with Crippen molar-refractivity contribution in [2.24, 2.45) is 0 Å². The van der Waals surface area contributed by atoms with Crippen molar-refractivity contribution in [1.29, 1.82) is 0 Å². The Morgan fingerprint density at radius 3 is 2.60 bits per heavy atom. The molecule has 0 radical (unpaired) electrons. The predicted octanol–water partition coefficient (Wildman–Crippen LogP) is 2.48. The maximum absolute atomic E-state index is 12.9. The Morgan fingerprint density at radius 2 is 1.80 bits per heavy atom. The molecule has 2 N–H and O–H groups in total. The molecular formula is C29H36N10O.